The van der Waals surface area contributed by atoms with E-state index in [-0.39, 0.29) is 18.1 Å². The molecule has 0 aliphatic carbocycles. The van der Waals surface area contributed by atoms with Crippen molar-refractivity contribution < 1.29 is 8.42 Å². The molecule has 122 valence electrons. The van der Waals surface area contributed by atoms with Crippen LogP contribution in [0.15, 0.2) is 60.7 Å². The number of nitrogens with two attached hydrogens (primary N) is 1. The first-order chi connectivity index (χ1) is 10.9. The van der Waals surface area contributed by atoms with Crippen molar-refractivity contribution in [2.45, 2.75) is 25.3 Å². The van der Waals surface area contributed by atoms with Gasteiger partial charge in [-0.15, -0.1) is 0 Å². The third kappa shape index (κ3) is 4.60. The van der Waals surface area contributed by atoms with Gasteiger partial charge in [0.2, 0.25) is 10.0 Å². The molecule has 1 atom stereocenters. The summed E-state index contributed by atoms with van der Waals surface area (Å²) >= 11 is 4.89. The zero-order chi connectivity index (χ0) is 16.9. The molecule has 2 aromatic rings. The number of hydrogen-bond donors (Lipinski definition) is 1. The van der Waals surface area contributed by atoms with Crippen LogP contribution in [0.25, 0.3) is 0 Å². The lowest BCUT2D eigenvalue weighted by atomic mass is 10.2. The molecule has 0 spiro atoms. The van der Waals surface area contributed by atoms with Crippen LogP contribution < -0.4 is 5.73 Å². The van der Waals surface area contributed by atoms with Crippen molar-refractivity contribution in [2.24, 2.45) is 5.73 Å². The highest BCUT2D eigenvalue weighted by Gasteiger charge is 2.30. The van der Waals surface area contributed by atoms with Crippen molar-refractivity contribution in [1.82, 2.24) is 4.31 Å². The second-order valence-corrected chi connectivity index (χ2v) is 8.05. The second kappa shape index (κ2) is 7.68. The van der Waals surface area contributed by atoms with Gasteiger partial charge in [-0.25, -0.2) is 8.42 Å². The van der Waals surface area contributed by atoms with Crippen LogP contribution in [0.3, 0.4) is 0 Å². The van der Waals surface area contributed by atoms with Crippen LogP contribution in [0, 0.1) is 0 Å². The highest BCUT2D eigenvalue weighted by Crippen LogP contribution is 2.18. The van der Waals surface area contributed by atoms with Gasteiger partial charge in [0.05, 0.1) is 4.99 Å². The van der Waals surface area contributed by atoms with E-state index in [1.807, 2.05) is 60.7 Å². The average Bonchev–Trinajstić information content (AvgIpc) is 2.55. The first kappa shape index (κ1) is 17.6. The maximum Gasteiger partial charge on any atom is 0.223 e. The number of hydrogen-bond acceptors (Lipinski definition) is 3. The van der Waals surface area contributed by atoms with Crippen LogP contribution in [0.1, 0.15) is 18.1 Å². The minimum absolute atomic E-state index is 0.0175. The van der Waals surface area contributed by atoms with E-state index in [0.29, 0.717) is 0 Å². The van der Waals surface area contributed by atoms with E-state index in [1.165, 1.54) is 11.2 Å². The fraction of sp³-hybridized carbons (Fsp3) is 0.235. The van der Waals surface area contributed by atoms with Crippen LogP contribution >= 0.6 is 12.2 Å². The molecule has 0 heterocycles. The Labute approximate surface area is 143 Å². The smallest absolute Gasteiger partial charge is 0.223 e. The second-order valence-electron chi connectivity index (χ2n) is 5.33. The van der Waals surface area contributed by atoms with E-state index in [0.717, 1.165) is 11.1 Å². The molecule has 2 rings (SSSR count). The molecule has 0 amide bonds. The average molecular weight is 348 g/mol. The third-order valence-electron chi connectivity index (χ3n) is 3.61. The predicted molar refractivity (Wildman–Crippen MR) is 97.3 cm³/mol. The Balaban J connectivity index is 2.33. The molecule has 6 heteroatoms. The standard InChI is InChI=1S/C17H20N2O2S2/c1-14(17(18)22)23(20,21)19(12-15-8-4-2-5-9-15)13-16-10-6-3-7-11-16/h2-11,14H,12-13H2,1H3,(H2,18,22). The Morgan fingerprint density at radius 2 is 1.39 bits per heavy atom. The van der Waals surface area contributed by atoms with Gasteiger partial charge in [-0.05, 0) is 18.1 Å². The SMILES string of the molecule is CC(C(N)=S)S(=O)(=O)N(Cc1ccccc1)Cc1ccccc1. The molecule has 1 unspecified atom stereocenters. The molecular formula is C17H20N2O2S2. The largest absolute Gasteiger partial charge is 0.392 e. The monoisotopic (exact) mass is 348 g/mol. The predicted octanol–water partition coefficient (Wildman–Crippen LogP) is 2.69. The third-order valence-corrected chi connectivity index (χ3v) is 6.24. The van der Waals surface area contributed by atoms with Crippen LogP contribution in [-0.4, -0.2) is 23.0 Å². The van der Waals surface area contributed by atoms with E-state index >= 15 is 0 Å². The van der Waals surface area contributed by atoms with Crippen molar-refractivity contribution in [3.05, 3.63) is 71.8 Å². The van der Waals surface area contributed by atoms with Crippen LogP contribution in [0.5, 0.6) is 0 Å². The first-order valence-electron chi connectivity index (χ1n) is 7.27. The maximum atomic E-state index is 12.8. The molecule has 0 saturated carbocycles. The van der Waals surface area contributed by atoms with E-state index < -0.39 is 15.3 Å². The number of rotatable bonds is 7. The zero-order valence-corrected chi connectivity index (χ0v) is 14.6. The maximum absolute atomic E-state index is 12.8. The van der Waals surface area contributed by atoms with E-state index in [9.17, 15) is 8.42 Å². The summed E-state index contributed by atoms with van der Waals surface area (Å²) in [7, 11) is -3.63. The summed E-state index contributed by atoms with van der Waals surface area (Å²) in [5, 5.41) is -0.898. The molecule has 4 nitrogen and oxygen atoms in total. The summed E-state index contributed by atoms with van der Waals surface area (Å²) < 4.78 is 27.1. The fourth-order valence-corrected chi connectivity index (χ4v) is 3.94. The number of benzene rings is 2. The summed E-state index contributed by atoms with van der Waals surface area (Å²) in [4.78, 5) is -0.0175. The molecule has 0 aromatic heterocycles. The highest BCUT2D eigenvalue weighted by molar-refractivity contribution is 7.92. The lowest BCUT2D eigenvalue weighted by Gasteiger charge is -2.25. The normalized spacial score (nSPS) is 13.0. The van der Waals surface area contributed by atoms with Crippen molar-refractivity contribution in [3.63, 3.8) is 0 Å². The van der Waals surface area contributed by atoms with E-state index in [1.54, 1.807) is 0 Å². The molecule has 0 aliphatic heterocycles. The first-order valence-corrected chi connectivity index (χ1v) is 9.18. The molecule has 2 N–H and O–H groups in total. The van der Waals surface area contributed by atoms with Gasteiger partial charge in [0.1, 0.15) is 5.25 Å². The van der Waals surface area contributed by atoms with Crippen LogP contribution in [-0.2, 0) is 23.1 Å². The van der Waals surface area contributed by atoms with Gasteiger partial charge in [0.15, 0.2) is 0 Å². The number of sulfonamides is 1. The fourth-order valence-electron chi connectivity index (χ4n) is 2.18. The van der Waals surface area contributed by atoms with Gasteiger partial charge in [-0.3, -0.25) is 0 Å². The minimum atomic E-state index is -3.63. The Bertz CT molecular complexity index is 705. The molecule has 0 radical (unpaired) electrons. The van der Waals surface area contributed by atoms with E-state index in [4.69, 9.17) is 18.0 Å². The molecular weight excluding hydrogens is 328 g/mol. The van der Waals surface area contributed by atoms with Crippen molar-refractivity contribution in [1.29, 1.82) is 0 Å². The Morgan fingerprint density at radius 1 is 1.00 bits per heavy atom. The van der Waals surface area contributed by atoms with Gasteiger partial charge in [-0.2, -0.15) is 4.31 Å². The summed E-state index contributed by atoms with van der Waals surface area (Å²) in [5.41, 5.74) is 7.41. The summed E-state index contributed by atoms with van der Waals surface area (Å²) in [5.74, 6) is 0. The molecule has 0 fully saturated rings. The van der Waals surface area contributed by atoms with Crippen molar-refractivity contribution >= 4 is 27.2 Å². The summed E-state index contributed by atoms with van der Waals surface area (Å²) in [6.45, 7) is 2.09. The highest BCUT2D eigenvalue weighted by atomic mass is 32.2. The molecule has 0 bridgehead atoms. The topological polar surface area (TPSA) is 63.4 Å². The van der Waals surface area contributed by atoms with E-state index in [2.05, 4.69) is 0 Å². The van der Waals surface area contributed by atoms with Gasteiger partial charge >= 0.3 is 0 Å². The Hall–Kier alpha value is -1.76. The molecule has 0 saturated heterocycles. The molecule has 0 aliphatic rings. The van der Waals surface area contributed by atoms with Crippen molar-refractivity contribution in [3.8, 4) is 0 Å². The summed E-state index contributed by atoms with van der Waals surface area (Å²) in [6.07, 6.45) is 0. The van der Waals surface area contributed by atoms with Gasteiger partial charge in [-0.1, -0.05) is 72.9 Å². The van der Waals surface area contributed by atoms with Crippen LogP contribution in [0.2, 0.25) is 0 Å². The lowest BCUT2D eigenvalue weighted by Crippen LogP contribution is -2.42. The van der Waals surface area contributed by atoms with Crippen molar-refractivity contribution in [2.75, 3.05) is 0 Å². The Morgan fingerprint density at radius 3 is 1.74 bits per heavy atom. The quantitative estimate of drug-likeness (QED) is 0.782. The number of thiocarbonyl (C=S) groups is 1. The molecule has 23 heavy (non-hydrogen) atoms. The molecule has 2 aromatic carbocycles. The minimum Gasteiger partial charge on any atom is -0.392 e. The van der Waals surface area contributed by atoms with Gasteiger partial charge in [0, 0.05) is 13.1 Å². The Kier molecular flexibility index (Phi) is 5.87. The summed E-state index contributed by atoms with van der Waals surface area (Å²) in [6, 6.07) is 19.0. The number of nitrogens with zero attached hydrogens (tertiary/aromatic N) is 1. The lowest BCUT2D eigenvalue weighted by molar-refractivity contribution is 0.399. The van der Waals surface area contributed by atoms with Crippen LogP contribution in [0.4, 0.5) is 0 Å². The van der Waals surface area contributed by atoms with Gasteiger partial charge < -0.3 is 5.73 Å². The zero-order valence-electron chi connectivity index (χ0n) is 12.9. The van der Waals surface area contributed by atoms with Gasteiger partial charge in [0.25, 0.3) is 0 Å².